The molecule has 1 heterocycles. The van der Waals surface area contributed by atoms with E-state index in [1.807, 2.05) is 0 Å². The maximum absolute atomic E-state index is 12.9. The summed E-state index contributed by atoms with van der Waals surface area (Å²) in [4.78, 5) is 14.5. The van der Waals surface area contributed by atoms with Gasteiger partial charge in [0.15, 0.2) is 5.69 Å². The lowest BCUT2D eigenvalue weighted by Gasteiger charge is -2.13. The number of hydrogen-bond acceptors (Lipinski definition) is 3. The molecule has 0 amide bonds. The Bertz CT molecular complexity index is 665. The number of aromatic carboxylic acids is 1. The molecule has 2 rings (SSSR count). The third-order valence-corrected chi connectivity index (χ3v) is 2.69. The lowest BCUT2D eigenvalue weighted by molar-refractivity contribution is -0.138. The van der Waals surface area contributed by atoms with E-state index in [1.54, 1.807) is 6.92 Å². The van der Waals surface area contributed by atoms with Gasteiger partial charge in [-0.15, -0.1) is 0 Å². The molecule has 0 bridgehead atoms. The predicted molar refractivity (Wildman–Crippen MR) is 66.4 cm³/mol. The van der Waals surface area contributed by atoms with Crippen molar-refractivity contribution in [2.45, 2.75) is 19.6 Å². The third kappa shape index (κ3) is 3.15. The normalized spacial score (nSPS) is 11.4. The Morgan fingerprint density at radius 3 is 2.62 bits per heavy atom. The molecular weight excluding hydrogens is 289 g/mol. The lowest BCUT2D eigenvalue weighted by Crippen LogP contribution is -2.08. The Kier molecular flexibility index (Phi) is 3.88. The number of para-hydroxylation sites is 1. The van der Waals surface area contributed by atoms with Gasteiger partial charge in [0.2, 0.25) is 0 Å². The Hall–Kier alpha value is -2.51. The van der Waals surface area contributed by atoms with Gasteiger partial charge in [-0.05, 0) is 19.1 Å². The predicted octanol–water partition coefficient (Wildman–Crippen LogP) is 3.41. The molecule has 0 aliphatic rings. The van der Waals surface area contributed by atoms with Crippen molar-refractivity contribution in [3.05, 3.63) is 41.7 Å². The van der Waals surface area contributed by atoms with Crippen LogP contribution in [0.3, 0.4) is 0 Å². The van der Waals surface area contributed by atoms with Crippen LogP contribution >= 0.6 is 0 Å². The number of aryl methyl sites for hydroxylation is 1. The molecule has 5 nitrogen and oxygen atoms in total. The average molecular weight is 300 g/mol. The van der Waals surface area contributed by atoms with E-state index in [-0.39, 0.29) is 11.7 Å². The van der Waals surface area contributed by atoms with Gasteiger partial charge in [0.1, 0.15) is 5.75 Å². The minimum Gasteiger partial charge on any atom is -0.476 e. The number of alkyl halides is 3. The maximum atomic E-state index is 12.9. The topological polar surface area (TPSA) is 64.4 Å². The first-order valence-electron chi connectivity index (χ1n) is 5.97. The van der Waals surface area contributed by atoms with Gasteiger partial charge in [-0.3, -0.25) is 0 Å². The highest BCUT2D eigenvalue weighted by Crippen LogP contribution is 2.37. The highest BCUT2D eigenvalue weighted by Gasteiger charge is 2.34. The van der Waals surface area contributed by atoms with Gasteiger partial charge in [-0.1, -0.05) is 12.1 Å². The number of benzene rings is 1. The van der Waals surface area contributed by atoms with Gasteiger partial charge >= 0.3 is 18.2 Å². The molecule has 0 atom stereocenters. The fourth-order valence-electron chi connectivity index (χ4n) is 1.70. The second-order valence-corrected chi connectivity index (χ2v) is 4.10. The molecule has 0 aliphatic heterocycles. The maximum Gasteiger partial charge on any atom is 0.419 e. The largest absolute Gasteiger partial charge is 0.476 e. The number of ether oxygens (including phenoxy) is 1. The SMILES string of the molecule is CCn1cc(C(=O)O)nc1Oc1ccccc1C(F)(F)F. The molecule has 0 saturated carbocycles. The number of imidazole rings is 1. The summed E-state index contributed by atoms with van der Waals surface area (Å²) in [6.45, 7) is 2.00. The second kappa shape index (κ2) is 5.47. The van der Waals surface area contributed by atoms with Crippen molar-refractivity contribution in [2.24, 2.45) is 0 Å². The minimum atomic E-state index is -4.57. The lowest BCUT2D eigenvalue weighted by atomic mass is 10.2. The second-order valence-electron chi connectivity index (χ2n) is 4.10. The van der Waals surface area contributed by atoms with E-state index >= 15 is 0 Å². The summed E-state index contributed by atoms with van der Waals surface area (Å²) in [6, 6.07) is 4.46. The number of hydrogen-bond donors (Lipinski definition) is 1. The first-order valence-corrected chi connectivity index (χ1v) is 5.97. The van der Waals surface area contributed by atoms with Crippen LogP contribution in [-0.2, 0) is 12.7 Å². The van der Waals surface area contributed by atoms with Crippen LogP contribution in [0.2, 0.25) is 0 Å². The van der Waals surface area contributed by atoms with Gasteiger partial charge in [0.05, 0.1) is 5.56 Å². The summed E-state index contributed by atoms with van der Waals surface area (Å²) < 4.78 is 45.1. The number of carbonyl (C=O) groups is 1. The van der Waals surface area contributed by atoms with Gasteiger partial charge in [-0.25, -0.2) is 4.79 Å². The summed E-state index contributed by atoms with van der Waals surface area (Å²) in [6.07, 6.45) is -3.37. The van der Waals surface area contributed by atoms with Crippen molar-refractivity contribution in [2.75, 3.05) is 0 Å². The molecule has 0 unspecified atom stereocenters. The highest BCUT2D eigenvalue weighted by molar-refractivity contribution is 5.85. The van der Waals surface area contributed by atoms with Crippen molar-refractivity contribution in [1.82, 2.24) is 9.55 Å². The molecular formula is C13H11F3N2O3. The number of aromatic nitrogens is 2. The zero-order valence-electron chi connectivity index (χ0n) is 10.9. The van der Waals surface area contributed by atoms with E-state index < -0.39 is 23.5 Å². The zero-order valence-corrected chi connectivity index (χ0v) is 10.9. The molecule has 21 heavy (non-hydrogen) atoms. The number of halogens is 3. The fourth-order valence-corrected chi connectivity index (χ4v) is 1.70. The highest BCUT2D eigenvalue weighted by atomic mass is 19.4. The molecule has 1 aromatic heterocycles. The van der Waals surface area contributed by atoms with Crippen LogP contribution in [0.15, 0.2) is 30.5 Å². The van der Waals surface area contributed by atoms with Gasteiger partial charge in [-0.2, -0.15) is 18.2 Å². The van der Waals surface area contributed by atoms with E-state index in [4.69, 9.17) is 9.84 Å². The number of carboxylic acid groups (broad SMARTS) is 1. The molecule has 0 spiro atoms. The molecule has 112 valence electrons. The Labute approximate surface area is 117 Å². The zero-order chi connectivity index (χ0) is 15.6. The summed E-state index contributed by atoms with van der Waals surface area (Å²) in [7, 11) is 0. The quantitative estimate of drug-likeness (QED) is 0.939. The van der Waals surface area contributed by atoms with E-state index in [2.05, 4.69) is 4.98 Å². The molecule has 0 saturated heterocycles. The van der Waals surface area contributed by atoms with E-state index in [0.29, 0.717) is 6.54 Å². The van der Waals surface area contributed by atoms with Gasteiger partial charge in [0.25, 0.3) is 0 Å². The average Bonchev–Trinajstić information content (AvgIpc) is 2.81. The molecule has 1 N–H and O–H groups in total. The molecule has 8 heteroatoms. The molecule has 0 fully saturated rings. The first kappa shape index (κ1) is 14.9. The molecule has 2 aromatic rings. The standard InChI is InChI=1S/C13H11F3N2O3/c1-2-18-7-9(11(19)20)17-12(18)21-10-6-4-3-5-8(10)13(14,15)16/h3-7H,2H2,1H3,(H,19,20). The van der Waals surface area contributed by atoms with Crippen molar-refractivity contribution < 1.29 is 27.8 Å². The van der Waals surface area contributed by atoms with Crippen LogP contribution in [0.5, 0.6) is 11.8 Å². The summed E-state index contributed by atoms with van der Waals surface area (Å²) in [5, 5.41) is 8.86. The number of nitrogens with zero attached hydrogens (tertiary/aromatic N) is 2. The molecule has 1 aromatic carbocycles. The summed E-state index contributed by atoms with van der Waals surface area (Å²) >= 11 is 0. The van der Waals surface area contributed by atoms with Crippen LogP contribution in [0.25, 0.3) is 0 Å². The third-order valence-electron chi connectivity index (χ3n) is 2.69. The van der Waals surface area contributed by atoms with Crippen LogP contribution in [0.4, 0.5) is 13.2 Å². The number of carboxylic acids is 1. The summed E-state index contributed by atoms with van der Waals surface area (Å²) in [5.41, 5.74) is -1.25. The fraction of sp³-hybridized carbons (Fsp3) is 0.231. The van der Waals surface area contributed by atoms with Gasteiger partial charge in [0, 0.05) is 12.7 Å². The minimum absolute atomic E-state index is 0.202. The van der Waals surface area contributed by atoms with Crippen LogP contribution in [-0.4, -0.2) is 20.6 Å². The van der Waals surface area contributed by atoms with Gasteiger partial charge < -0.3 is 14.4 Å². The van der Waals surface area contributed by atoms with E-state index in [9.17, 15) is 18.0 Å². The van der Waals surface area contributed by atoms with Crippen LogP contribution < -0.4 is 4.74 Å². The molecule has 0 radical (unpaired) electrons. The van der Waals surface area contributed by atoms with Crippen molar-refractivity contribution in [1.29, 1.82) is 0 Å². The smallest absolute Gasteiger partial charge is 0.419 e. The first-order chi connectivity index (χ1) is 9.82. The molecule has 0 aliphatic carbocycles. The van der Waals surface area contributed by atoms with Crippen molar-refractivity contribution >= 4 is 5.97 Å². The summed E-state index contributed by atoms with van der Waals surface area (Å²) in [5.74, 6) is -1.71. The van der Waals surface area contributed by atoms with E-state index in [0.717, 1.165) is 12.1 Å². The Morgan fingerprint density at radius 2 is 2.05 bits per heavy atom. The Morgan fingerprint density at radius 1 is 1.38 bits per heavy atom. The van der Waals surface area contributed by atoms with Crippen LogP contribution in [0, 0.1) is 0 Å². The van der Waals surface area contributed by atoms with E-state index in [1.165, 1.54) is 22.9 Å². The van der Waals surface area contributed by atoms with Crippen molar-refractivity contribution in [3.63, 3.8) is 0 Å². The van der Waals surface area contributed by atoms with Crippen molar-refractivity contribution in [3.8, 4) is 11.8 Å². The Balaban J connectivity index is 2.41. The monoisotopic (exact) mass is 300 g/mol. The van der Waals surface area contributed by atoms with Crippen LogP contribution in [0.1, 0.15) is 23.0 Å². The number of rotatable bonds is 4.